The van der Waals surface area contributed by atoms with Crippen molar-refractivity contribution in [1.82, 2.24) is 0 Å². The minimum absolute atomic E-state index is 0.0807. The van der Waals surface area contributed by atoms with E-state index in [0.29, 0.717) is 15.8 Å². The van der Waals surface area contributed by atoms with E-state index < -0.39 is 9.84 Å². The summed E-state index contributed by atoms with van der Waals surface area (Å²) < 4.78 is 42.3. The van der Waals surface area contributed by atoms with Gasteiger partial charge in [-0.15, -0.1) is 0 Å². The first-order chi connectivity index (χ1) is 9.36. The summed E-state index contributed by atoms with van der Waals surface area (Å²) in [4.78, 5) is 0.222. The second-order valence-electron chi connectivity index (χ2n) is 4.27. The maximum absolute atomic E-state index is 13.6. The van der Waals surface area contributed by atoms with E-state index in [1.165, 1.54) is 18.2 Å². The van der Waals surface area contributed by atoms with Crippen molar-refractivity contribution in [2.75, 3.05) is 6.26 Å². The van der Waals surface area contributed by atoms with E-state index >= 15 is 0 Å². The topological polar surface area (TPSA) is 43.4 Å². The number of rotatable bonds is 4. The van der Waals surface area contributed by atoms with Crippen LogP contribution in [-0.2, 0) is 16.4 Å². The van der Waals surface area contributed by atoms with Gasteiger partial charge in [0, 0.05) is 16.3 Å². The summed E-state index contributed by atoms with van der Waals surface area (Å²) in [6.45, 7) is 0.0807. The van der Waals surface area contributed by atoms with Gasteiger partial charge in [0.05, 0.1) is 4.90 Å². The molecule has 0 saturated carbocycles. The number of ether oxygens (including phenoxy) is 1. The lowest BCUT2D eigenvalue weighted by molar-refractivity contribution is 0.299. The fourth-order valence-corrected chi connectivity index (χ4v) is 2.55. The second kappa shape index (κ2) is 5.93. The maximum atomic E-state index is 13.6. The van der Waals surface area contributed by atoms with Gasteiger partial charge in [-0.1, -0.05) is 22.0 Å². The minimum Gasteiger partial charge on any atom is -0.489 e. The number of sulfone groups is 1. The van der Waals surface area contributed by atoms with Crippen LogP contribution < -0.4 is 4.74 Å². The Hall–Kier alpha value is -1.40. The highest BCUT2D eigenvalue weighted by Gasteiger charge is 2.07. The summed E-state index contributed by atoms with van der Waals surface area (Å²) in [5, 5.41) is 0. The van der Waals surface area contributed by atoms with Crippen LogP contribution in [0.4, 0.5) is 4.39 Å². The Morgan fingerprint density at radius 1 is 1.15 bits per heavy atom. The summed E-state index contributed by atoms with van der Waals surface area (Å²) in [5.74, 6) is 0.131. The summed E-state index contributed by atoms with van der Waals surface area (Å²) in [6.07, 6.45) is 1.14. The number of hydrogen-bond donors (Lipinski definition) is 0. The second-order valence-corrected chi connectivity index (χ2v) is 7.20. The van der Waals surface area contributed by atoms with Crippen LogP contribution in [0.5, 0.6) is 5.75 Å². The van der Waals surface area contributed by atoms with E-state index in [-0.39, 0.29) is 17.3 Å². The molecule has 2 rings (SSSR count). The largest absolute Gasteiger partial charge is 0.489 e. The van der Waals surface area contributed by atoms with Gasteiger partial charge < -0.3 is 4.74 Å². The molecule has 0 atom stereocenters. The van der Waals surface area contributed by atoms with Crippen molar-refractivity contribution in [2.24, 2.45) is 0 Å². The van der Waals surface area contributed by atoms with E-state index in [2.05, 4.69) is 15.9 Å². The summed E-state index contributed by atoms with van der Waals surface area (Å²) in [6, 6.07) is 10.7. The predicted octanol–water partition coefficient (Wildman–Crippen LogP) is 3.57. The average Bonchev–Trinajstić information content (AvgIpc) is 2.37. The van der Waals surface area contributed by atoms with Crippen molar-refractivity contribution >= 4 is 25.8 Å². The Labute approximate surface area is 125 Å². The summed E-state index contributed by atoms with van der Waals surface area (Å²) >= 11 is 3.18. The Kier molecular flexibility index (Phi) is 4.45. The Balaban J connectivity index is 2.08. The molecule has 2 aromatic carbocycles. The Morgan fingerprint density at radius 2 is 1.80 bits per heavy atom. The molecule has 0 aliphatic heterocycles. The smallest absolute Gasteiger partial charge is 0.175 e. The van der Waals surface area contributed by atoms with Crippen molar-refractivity contribution in [2.45, 2.75) is 11.5 Å². The normalized spacial score (nSPS) is 11.3. The molecule has 3 nitrogen and oxygen atoms in total. The molecule has 0 spiro atoms. The molecule has 0 aliphatic carbocycles. The zero-order valence-electron chi connectivity index (χ0n) is 10.6. The number of halogens is 2. The Morgan fingerprint density at radius 3 is 2.35 bits per heavy atom. The van der Waals surface area contributed by atoms with Crippen LogP contribution in [0, 0.1) is 5.82 Å². The van der Waals surface area contributed by atoms with Gasteiger partial charge in [0.2, 0.25) is 0 Å². The SMILES string of the molecule is CS(=O)(=O)c1ccc(OCc2ccc(Br)cc2F)cc1. The molecular formula is C14H12BrFO3S. The van der Waals surface area contributed by atoms with Crippen LogP contribution in [0.3, 0.4) is 0 Å². The van der Waals surface area contributed by atoms with Gasteiger partial charge in [0.15, 0.2) is 9.84 Å². The average molecular weight is 359 g/mol. The van der Waals surface area contributed by atoms with Gasteiger partial charge >= 0.3 is 0 Å². The highest BCUT2D eigenvalue weighted by atomic mass is 79.9. The number of benzene rings is 2. The van der Waals surface area contributed by atoms with Crippen LogP contribution in [0.15, 0.2) is 51.8 Å². The van der Waals surface area contributed by atoms with Crippen molar-refractivity contribution < 1.29 is 17.5 Å². The molecule has 2 aromatic rings. The van der Waals surface area contributed by atoms with Crippen molar-refractivity contribution in [3.8, 4) is 5.75 Å². The first-order valence-electron chi connectivity index (χ1n) is 5.73. The molecule has 0 unspecified atom stereocenters. The first kappa shape index (κ1) is 15.0. The molecule has 0 aromatic heterocycles. The molecule has 20 heavy (non-hydrogen) atoms. The monoisotopic (exact) mass is 358 g/mol. The molecule has 0 N–H and O–H groups in total. The van der Waals surface area contributed by atoms with Gasteiger partial charge in [-0.05, 0) is 36.4 Å². The molecule has 106 valence electrons. The minimum atomic E-state index is -3.22. The third-order valence-electron chi connectivity index (χ3n) is 2.66. The molecule has 0 heterocycles. The van der Waals surface area contributed by atoms with Gasteiger partial charge in [0.1, 0.15) is 18.2 Å². The van der Waals surface area contributed by atoms with Gasteiger partial charge in [-0.25, -0.2) is 12.8 Å². The van der Waals surface area contributed by atoms with Crippen LogP contribution >= 0.6 is 15.9 Å². The highest BCUT2D eigenvalue weighted by molar-refractivity contribution is 9.10. The van der Waals surface area contributed by atoms with Crippen LogP contribution in [0.25, 0.3) is 0 Å². The lowest BCUT2D eigenvalue weighted by Gasteiger charge is -2.08. The maximum Gasteiger partial charge on any atom is 0.175 e. The number of hydrogen-bond acceptors (Lipinski definition) is 3. The molecular weight excluding hydrogens is 347 g/mol. The standard InChI is InChI=1S/C14H12BrFO3S/c1-20(17,18)13-6-4-12(5-7-13)19-9-10-2-3-11(15)8-14(10)16/h2-8H,9H2,1H3. The van der Waals surface area contributed by atoms with Crippen molar-refractivity contribution in [3.05, 3.63) is 58.3 Å². The third kappa shape index (κ3) is 3.80. The fourth-order valence-electron chi connectivity index (χ4n) is 1.58. The zero-order chi connectivity index (χ0) is 14.8. The first-order valence-corrected chi connectivity index (χ1v) is 8.41. The van der Waals surface area contributed by atoms with Gasteiger partial charge in [0.25, 0.3) is 0 Å². The van der Waals surface area contributed by atoms with E-state index in [1.807, 2.05) is 0 Å². The lowest BCUT2D eigenvalue weighted by Crippen LogP contribution is -2.00. The van der Waals surface area contributed by atoms with E-state index in [4.69, 9.17) is 4.74 Å². The van der Waals surface area contributed by atoms with Crippen molar-refractivity contribution in [3.63, 3.8) is 0 Å². The van der Waals surface area contributed by atoms with Crippen LogP contribution in [-0.4, -0.2) is 14.7 Å². The molecule has 0 saturated heterocycles. The van der Waals surface area contributed by atoms with E-state index in [0.717, 1.165) is 6.26 Å². The van der Waals surface area contributed by atoms with Crippen molar-refractivity contribution in [1.29, 1.82) is 0 Å². The quantitative estimate of drug-likeness (QED) is 0.838. The van der Waals surface area contributed by atoms with Crippen LogP contribution in [0.1, 0.15) is 5.56 Å². The predicted molar refractivity (Wildman–Crippen MR) is 78.0 cm³/mol. The Bertz CT molecular complexity index is 712. The van der Waals surface area contributed by atoms with Gasteiger partial charge in [-0.2, -0.15) is 0 Å². The lowest BCUT2D eigenvalue weighted by atomic mass is 10.2. The molecule has 6 heteroatoms. The van der Waals surface area contributed by atoms with E-state index in [1.54, 1.807) is 24.3 Å². The fraction of sp³-hybridized carbons (Fsp3) is 0.143. The summed E-state index contributed by atoms with van der Waals surface area (Å²) in [7, 11) is -3.22. The zero-order valence-corrected chi connectivity index (χ0v) is 13.0. The summed E-state index contributed by atoms with van der Waals surface area (Å²) in [5.41, 5.74) is 0.431. The third-order valence-corrected chi connectivity index (χ3v) is 4.28. The molecule has 0 aliphatic rings. The highest BCUT2D eigenvalue weighted by Crippen LogP contribution is 2.19. The van der Waals surface area contributed by atoms with E-state index in [9.17, 15) is 12.8 Å². The molecule has 0 bridgehead atoms. The van der Waals surface area contributed by atoms with Crippen LogP contribution in [0.2, 0.25) is 0 Å². The molecule has 0 fully saturated rings. The molecule has 0 radical (unpaired) electrons. The molecule has 0 amide bonds. The van der Waals surface area contributed by atoms with Gasteiger partial charge in [-0.3, -0.25) is 0 Å².